The van der Waals surface area contributed by atoms with Gasteiger partial charge in [-0.05, 0) is 35.2 Å². The number of likely N-dealkylation sites (N-methyl/N-ethyl adjacent to an activating group) is 1. The van der Waals surface area contributed by atoms with E-state index in [2.05, 4.69) is 18.2 Å². The molecule has 1 atom stereocenters. The molecular weight excluding hydrogens is 278 g/mol. The van der Waals surface area contributed by atoms with Crippen molar-refractivity contribution < 1.29 is 14.3 Å². The minimum atomic E-state index is -0.136. The normalized spacial score (nSPS) is 18.4. The van der Waals surface area contributed by atoms with E-state index in [0.29, 0.717) is 0 Å². The zero-order valence-electron chi connectivity index (χ0n) is 13.2. The summed E-state index contributed by atoms with van der Waals surface area (Å²) in [5.41, 5.74) is 3.49. The third kappa shape index (κ3) is 2.80. The molecule has 1 heterocycles. The number of fused-ring (bicyclic) bond motifs is 1. The number of hydrogen-bond acceptors (Lipinski definition) is 4. The summed E-state index contributed by atoms with van der Waals surface area (Å²) in [5.74, 6) is 1.49. The van der Waals surface area contributed by atoms with Gasteiger partial charge in [0.1, 0.15) is 6.10 Å². The fourth-order valence-corrected chi connectivity index (χ4v) is 2.83. The molecule has 0 aliphatic carbocycles. The maximum Gasteiger partial charge on any atom is 0.161 e. The lowest BCUT2D eigenvalue weighted by Gasteiger charge is -2.23. The van der Waals surface area contributed by atoms with E-state index in [4.69, 9.17) is 14.3 Å². The Hall–Kier alpha value is -2.04. The lowest BCUT2D eigenvalue weighted by atomic mass is 9.95. The summed E-state index contributed by atoms with van der Waals surface area (Å²) < 4.78 is 10.9. The highest BCUT2D eigenvalue weighted by atomic mass is 16.7. The van der Waals surface area contributed by atoms with Gasteiger partial charge in [-0.2, -0.15) is 5.06 Å². The van der Waals surface area contributed by atoms with Crippen molar-refractivity contribution in [3.8, 4) is 11.5 Å². The zero-order chi connectivity index (χ0) is 15.5. The van der Waals surface area contributed by atoms with Crippen molar-refractivity contribution in [1.29, 1.82) is 0 Å². The summed E-state index contributed by atoms with van der Waals surface area (Å²) in [5, 5.41) is 1.90. The molecule has 0 bridgehead atoms. The highest BCUT2D eigenvalue weighted by Gasteiger charge is 2.26. The molecule has 2 aromatic carbocycles. The third-order valence-corrected chi connectivity index (χ3v) is 4.01. The summed E-state index contributed by atoms with van der Waals surface area (Å²) in [6.07, 6.45) is 0.777. The van der Waals surface area contributed by atoms with E-state index in [1.807, 2.05) is 36.4 Å². The molecule has 0 aromatic heterocycles. The molecule has 0 saturated heterocycles. The van der Waals surface area contributed by atoms with Crippen LogP contribution in [-0.4, -0.2) is 32.9 Å². The maximum absolute atomic E-state index is 6.13. The first-order chi connectivity index (χ1) is 10.7. The van der Waals surface area contributed by atoms with Crippen molar-refractivity contribution in [2.24, 2.45) is 0 Å². The summed E-state index contributed by atoms with van der Waals surface area (Å²) in [4.78, 5) is 6.13. The predicted octanol–water partition coefficient (Wildman–Crippen LogP) is 3.21. The zero-order valence-corrected chi connectivity index (χ0v) is 13.2. The minimum absolute atomic E-state index is 0.136. The molecule has 1 aliphatic heterocycles. The molecule has 4 heteroatoms. The van der Waals surface area contributed by atoms with Gasteiger partial charge in [0.2, 0.25) is 0 Å². The van der Waals surface area contributed by atoms with Crippen LogP contribution in [0, 0.1) is 0 Å². The van der Waals surface area contributed by atoms with Crippen LogP contribution >= 0.6 is 0 Å². The second kappa shape index (κ2) is 6.38. The van der Waals surface area contributed by atoms with Crippen molar-refractivity contribution in [2.45, 2.75) is 12.5 Å². The average molecular weight is 299 g/mol. The fourth-order valence-electron chi connectivity index (χ4n) is 2.83. The number of methoxy groups -OCH3 is 2. The van der Waals surface area contributed by atoms with Crippen LogP contribution in [0.15, 0.2) is 42.5 Å². The van der Waals surface area contributed by atoms with E-state index < -0.39 is 0 Å². The Labute approximate surface area is 131 Å². The molecule has 4 nitrogen and oxygen atoms in total. The standard InChI is InChI=1S/C18H21NO3/c1-19-10-9-14-11-16(20-2)17(21-3)12-15(14)18(22-19)13-7-5-4-6-8-13/h4-8,11-12,18H,9-10H2,1-3H3. The molecule has 0 N–H and O–H groups in total. The summed E-state index contributed by atoms with van der Waals surface area (Å²) in [6.45, 7) is 0.839. The molecule has 3 rings (SSSR count). The third-order valence-electron chi connectivity index (χ3n) is 4.01. The lowest BCUT2D eigenvalue weighted by Crippen LogP contribution is -2.21. The Kier molecular flexibility index (Phi) is 4.32. The first kappa shape index (κ1) is 14.9. The van der Waals surface area contributed by atoms with E-state index in [-0.39, 0.29) is 6.10 Å². The van der Waals surface area contributed by atoms with Crippen molar-refractivity contribution in [2.75, 3.05) is 27.8 Å². The lowest BCUT2D eigenvalue weighted by molar-refractivity contribution is -0.166. The molecule has 0 saturated carbocycles. The first-order valence-corrected chi connectivity index (χ1v) is 7.40. The van der Waals surface area contributed by atoms with E-state index in [1.165, 1.54) is 5.56 Å². The second-order valence-electron chi connectivity index (χ2n) is 5.40. The van der Waals surface area contributed by atoms with Crippen LogP contribution in [0.4, 0.5) is 0 Å². The van der Waals surface area contributed by atoms with Gasteiger partial charge in [0.15, 0.2) is 11.5 Å². The Balaban J connectivity index is 2.12. The molecule has 116 valence electrons. The van der Waals surface area contributed by atoms with Crippen LogP contribution in [0.1, 0.15) is 22.8 Å². The van der Waals surface area contributed by atoms with Crippen molar-refractivity contribution in [3.63, 3.8) is 0 Å². The van der Waals surface area contributed by atoms with E-state index in [0.717, 1.165) is 35.6 Å². The van der Waals surface area contributed by atoms with E-state index in [9.17, 15) is 0 Å². The largest absolute Gasteiger partial charge is 0.493 e. The van der Waals surface area contributed by atoms with Crippen LogP contribution in [0.25, 0.3) is 0 Å². The highest BCUT2D eigenvalue weighted by Crippen LogP contribution is 2.38. The number of nitrogens with zero attached hydrogens (tertiary/aromatic N) is 1. The molecule has 0 spiro atoms. The van der Waals surface area contributed by atoms with Crippen molar-refractivity contribution in [3.05, 3.63) is 59.2 Å². The topological polar surface area (TPSA) is 30.9 Å². The van der Waals surface area contributed by atoms with E-state index >= 15 is 0 Å². The van der Waals surface area contributed by atoms with Crippen LogP contribution in [0.3, 0.4) is 0 Å². The predicted molar refractivity (Wildman–Crippen MR) is 85.3 cm³/mol. The summed E-state index contributed by atoms with van der Waals surface area (Å²) >= 11 is 0. The molecule has 0 fully saturated rings. The Morgan fingerprint density at radius 1 is 1.05 bits per heavy atom. The Bertz CT molecular complexity index is 642. The van der Waals surface area contributed by atoms with Gasteiger partial charge in [-0.15, -0.1) is 0 Å². The smallest absolute Gasteiger partial charge is 0.161 e. The summed E-state index contributed by atoms with van der Waals surface area (Å²) in [7, 11) is 5.29. The fraction of sp³-hybridized carbons (Fsp3) is 0.333. The van der Waals surface area contributed by atoms with Crippen LogP contribution in [0.5, 0.6) is 11.5 Å². The van der Waals surface area contributed by atoms with Gasteiger partial charge in [0, 0.05) is 13.6 Å². The number of benzene rings is 2. The number of hydroxylamine groups is 2. The highest BCUT2D eigenvalue weighted by molar-refractivity contribution is 5.50. The molecule has 1 unspecified atom stereocenters. The van der Waals surface area contributed by atoms with Gasteiger partial charge in [0.05, 0.1) is 14.2 Å². The minimum Gasteiger partial charge on any atom is -0.493 e. The summed E-state index contributed by atoms with van der Waals surface area (Å²) in [6, 6.07) is 14.3. The average Bonchev–Trinajstić information content (AvgIpc) is 2.73. The molecule has 2 aromatic rings. The van der Waals surface area contributed by atoms with Crippen molar-refractivity contribution in [1.82, 2.24) is 5.06 Å². The van der Waals surface area contributed by atoms with Crippen LogP contribution in [-0.2, 0) is 11.3 Å². The maximum atomic E-state index is 6.13. The van der Waals surface area contributed by atoms with Gasteiger partial charge < -0.3 is 9.47 Å². The first-order valence-electron chi connectivity index (χ1n) is 7.40. The Morgan fingerprint density at radius 2 is 1.73 bits per heavy atom. The number of hydrogen-bond donors (Lipinski definition) is 0. The Morgan fingerprint density at radius 3 is 2.41 bits per heavy atom. The second-order valence-corrected chi connectivity index (χ2v) is 5.40. The van der Waals surface area contributed by atoms with Gasteiger partial charge >= 0.3 is 0 Å². The molecule has 22 heavy (non-hydrogen) atoms. The van der Waals surface area contributed by atoms with Gasteiger partial charge in [-0.25, -0.2) is 0 Å². The van der Waals surface area contributed by atoms with Crippen molar-refractivity contribution >= 4 is 0 Å². The van der Waals surface area contributed by atoms with Gasteiger partial charge in [-0.1, -0.05) is 30.3 Å². The SMILES string of the molecule is COc1cc2c(cc1OC)C(c1ccccc1)ON(C)CC2. The van der Waals surface area contributed by atoms with Crippen LogP contribution < -0.4 is 9.47 Å². The molecule has 0 radical (unpaired) electrons. The van der Waals surface area contributed by atoms with Gasteiger partial charge in [0.25, 0.3) is 0 Å². The number of rotatable bonds is 3. The number of ether oxygens (including phenoxy) is 2. The monoisotopic (exact) mass is 299 g/mol. The molecule has 1 aliphatic rings. The van der Waals surface area contributed by atoms with Crippen LogP contribution in [0.2, 0.25) is 0 Å². The van der Waals surface area contributed by atoms with E-state index in [1.54, 1.807) is 14.2 Å². The molecular formula is C18H21NO3. The van der Waals surface area contributed by atoms with Gasteiger partial charge in [-0.3, -0.25) is 4.84 Å². The quantitative estimate of drug-likeness (QED) is 0.871. The molecule has 0 amide bonds.